The molecule has 0 radical (unpaired) electrons. The smallest absolute Gasteiger partial charge is 0.337 e. The topological polar surface area (TPSA) is 111 Å². The van der Waals surface area contributed by atoms with Crippen LogP contribution in [0.1, 0.15) is 32.1 Å². The number of aromatic amines is 1. The van der Waals surface area contributed by atoms with Crippen LogP contribution in [0.4, 0.5) is 11.6 Å². The summed E-state index contributed by atoms with van der Waals surface area (Å²) < 4.78 is 0. The van der Waals surface area contributed by atoms with Crippen LogP contribution in [0.15, 0.2) is 60.7 Å². The van der Waals surface area contributed by atoms with Crippen molar-refractivity contribution in [3.05, 3.63) is 83.2 Å². The van der Waals surface area contributed by atoms with Crippen LogP contribution < -0.4 is 10.2 Å². The number of hydrogen-bond acceptors (Lipinski definition) is 5. The highest BCUT2D eigenvalue weighted by molar-refractivity contribution is 6.04. The highest BCUT2D eigenvalue weighted by atomic mass is 16.4. The molecule has 8 nitrogen and oxygen atoms in total. The average molecular weight is 425 g/mol. The summed E-state index contributed by atoms with van der Waals surface area (Å²) >= 11 is 0. The number of anilines is 2. The molecule has 4 aromatic rings. The molecule has 8 heteroatoms. The van der Waals surface area contributed by atoms with Gasteiger partial charge in [-0.15, -0.1) is 0 Å². The number of amides is 1. The molecule has 0 spiro atoms. The van der Waals surface area contributed by atoms with Gasteiger partial charge in [0.1, 0.15) is 16.9 Å². The molecule has 1 amide bonds. The normalized spacial score (nSPS) is 10.3. The van der Waals surface area contributed by atoms with Crippen LogP contribution in [-0.2, 0) is 0 Å². The number of pyridine rings is 1. The first-order valence-electron chi connectivity index (χ1n) is 9.70. The molecule has 0 unspecified atom stereocenters. The van der Waals surface area contributed by atoms with E-state index in [2.05, 4.69) is 32.1 Å². The summed E-state index contributed by atoms with van der Waals surface area (Å²) in [5, 5.41) is 11.9. The number of aromatic carboxylic acids is 1. The number of aromatic nitrogens is 3. The fraction of sp³-hybridized carbons (Fsp3) is 0.0833. The van der Waals surface area contributed by atoms with Crippen LogP contribution in [-0.4, -0.2) is 46.0 Å². The summed E-state index contributed by atoms with van der Waals surface area (Å²) in [7, 11) is 3.94. The van der Waals surface area contributed by atoms with Gasteiger partial charge in [0.15, 0.2) is 0 Å². The molecule has 2 aromatic carbocycles. The molecule has 0 aliphatic rings. The summed E-state index contributed by atoms with van der Waals surface area (Å²) in [6, 6.07) is 17.5. The van der Waals surface area contributed by atoms with Crippen molar-refractivity contribution in [3.63, 3.8) is 0 Å². The lowest BCUT2D eigenvalue weighted by Gasteiger charge is -2.11. The van der Waals surface area contributed by atoms with Gasteiger partial charge in [0, 0.05) is 25.3 Å². The minimum Gasteiger partial charge on any atom is -0.478 e. The van der Waals surface area contributed by atoms with Crippen LogP contribution in [0.5, 0.6) is 0 Å². The minimum atomic E-state index is -1.09. The monoisotopic (exact) mass is 425 g/mol. The number of fused-ring (bicyclic) bond motifs is 1. The number of imidazole rings is 1. The van der Waals surface area contributed by atoms with Gasteiger partial charge in [-0.05, 0) is 54.5 Å². The third-order valence-corrected chi connectivity index (χ3v) is 4.68. The number of rotatable bonds is 4. The van der Waals surface area contributed by atoms with E-state index in [0.29, 0.717) is 11.2 Å². The number of benzene rings is 2. The molecule has 0 bridgehead atoms. The molecule has 0 aliphatic carbocycles. The standard InChI is InChI=1S/C24H19N5O3/c1-29(2)17-13-10-15(11-14-17)9-12-16-5-3-8-20(25-16)22(30)28-24-26-19-7-4-6-18(23(31)32)21(19)27-24/h3-8,10-11,13-14H,1-2H3,(H,31,32)(H2,26,27,28,30). The number of carboxylic acids is 1. The van der Waals surface area contributed by atoms with Gasteiger partial charge in [0.2, 0.25) is 5.95 Å². The van der Waals surface area contributed by atoms with E-state index in [1.165, 1.54) is 6.07 Å². The Labute approximate surface area is 183 Å². The Hall–Kier alpha value is -4.64. The molecule has 2 heterocycles. The van der Waals surface area contributed by atoms with E-state index in [0.717, 1.165) is 11.3 Å². The van der Waals surface area contributed by atoms with Gasteiger partial charge in [-0.1, -0.05) is 18.1 Å². The summed E-state index contributed by atoms with van der Waals surface area (Å²) in [6.45, 7) is 0. The van der Waals surface area contributed by atoms with E-state index >= 15 is 0 Å². The first-order chi connectivity index (χ1) is 15.4. The molecule has 0 saturated carbocycles. The van der Waals surface area contributed by atoms with E-state index in [-0.39, 0.29) is 22.7 Å². The SMILES string of the molecule is CN(C)c1ccc(C#Cc2cccc(C(=O)Nc3nc4c(C(=O)O)cccc4[nH]3)n2)cc1. The lowest BCUT2D eigenvalue weighted by Crippen LogP contribution is -2.15. The Balaban J connectivity index is 1.52. The Morgan fingerprint density at radius 1 is 0.969 bits per heavy atom. The van der Waals surface area contributed by atoms with Gasteiger partial charge in [-0.25, -0.2) is 14.8 Å². The second-order valence-corrected chi connectivity index (χ2v) is 7.15. The summed E-state index contributed by atoms with van der Waals surface area (Å²) in [6.07, 6.45) is 0. The van der Waals surface area contributed by atoms with E-state index in [1.54, 1.807) is 30.3 Å². The lowest BCUT2D eigenvalue weighted by molar-refractivity contribution is 0.0698. The number of nitrogens with zero attached hydrogens (tertiary/aromatic N) is 3. The maximum Gasteiger partial charge on any atom is 0.337 e. The quantitative estimate of drug-likeness (QED) is 0.432. The van der Waals surface area contributed by atoms with Gasteiger partial charge in [-0.3, -0.25) is 10.1 Å². The summed E-state index contributed by atoms with van der Waals surface area (Å²) in [4.78, 5) is 37.4. The highest BCUT2D eigenvalue weighted by Gasteiger charge is 2.15. The first kappa shape index (κ1) is 20.6. The van der Waals surface area contributed by atoms with Gasteiger partial charge in [-0.2, -0.15) is 0 Å². The van der Waals surface area contributed by atoms with Crippen LogP contribution in [0.3, 0.4) is 0 Å². The predicted molar refractivity (Wildman–Crippen MR) is 122 cm³/mol. The van der Waals surface area contributed by atoms with Crippen LogP contribution in [0, 0.1) is 11.8 Å². The first-order valence-corrected chi connectivity index (χ1v) is 9.70. The van der Waals surface area contributed by atoms with Gasteiger partial charge < -0.3 is 15.0 Å². The van der Waals surface area contributed by atoms with Crippen LogP contribution in [0.2, 0.25) is 0 Å². The number of H-pyrrole nitrogens is 1. The van der Waals surface area contributed by atoms with Crippen molar-refractivity contribution in [2.75, 3.05) is 24.3 Å². The molecule has 4 rings (SSSR count). The lowest BCUT2D eigenvalue weighted by atomic mass is 10.2. The molecular formula is C24H19N5O3. The second kappa shape index (κ2) is 8.62. The number of carboxylic acid groups (broad SMARTS) is 1. The molecule has 0 atom stereocenters. The molecule has 0 fully saturated rings. The average Bonchev–Trinajstić information content (AvgIpc) is 3.20. The van der Waals surface area contributed by atoms with E-state index in [4.69, 9.17) is 0 Å². The van der Waals surface area contributed by atoms with Crippen molar-refractivity contribution in [1.82, 2.24) is 15.0 Å². The zero-order valence-electron chi connectivity index (χ0n) is 17.4. The third-order valence-electron chi connectivity index (χ3n) is 4.68. The van der Waals surface area contributed by atoms with Crippen molar-refractivity contribution in [2.45, 2.75) is 0 Å². The van der Waals surface area contributed by atoms with Gasteiger partial charge >= 0.3 is 5.97 Å². The number of hydrogen-bond donors (Lipinski definition) is 3. The van der Waals surface area contributed by atoms with Crippen molar-refractivity contribution < 1.29 is 14.7 Å². The van der Waals surface area contributed by atoms with Gasteiger partial charge in [0.05, 0.1) is 11.1 Å². The maximum atomic E-state index is 12.6. The number of carbonyl (C=O) groups is 2. The molecule has 158 valence electrons. The Morgan fingerprint density at radius 3 is 2.44 bits per heavy atom. The molecule has 3 N–H and O–H groups in total. The number of carbonyl (C=O) groups excluding carboxylic acids is 1. The number of nitrogens with one attached hydrogen (secondary N) is 2. The molecular weight excluding hydrogens is 406 g/mol. The zero-order chi connectivity index (χ0) is 22.7. The number of para-hydroxylation sites is 1. The fourth-order valence-corrected chi connectivity index (χ4v) is 3.05. The van der Waals surface area contributed by atoms with Crippen molar-refractivity contribution in [1.29, 1.82) is 0 Å². The molecule has 2 aromatic heterocycles. The predicted octanol–water partition coefficient (Wildman–Crippen LogP) is 3.37. The fourth-order valence-electron chi connectivity index (χ4n) is 3.05. The minimum absolute atomic E-state index is 0.0493. The zero-order valence-corrected chi connectivity index (χ0v) is 17.4. The van der Waals surface area contributed by atoms with Crippen molar-refractivity contribution in [3.8, 4) is 11.8 Å². The Morgan fingerprint density at radius 2 is 1.72 bits per heavy atom. The largest absolute Gasteiger partial charge is 0.478 e. The van der Waals surface area contributed by atoms with Crippen molar-refractivity contribution >= 4 is 34.5 Å². The van der Waals surface area contributed by atoms with Crippen LogP contribution in [0.25, 0.3) is 11.0 Å². The Kier molecular flexibility index (Phi) is 5.55. The van der Waals surface area contributed by atoms with Crippen molar-refractivity contribution in [2.24, 2.45) is 0 Å². The maximum absolute atomic E-state index is 12.6. The van der Waals surface area contributed by atoms with E-state index in [9.17, 15) is 14.7 Å². The highest BCUT2D eigenvalue weighted by Crippen LogP contribution is 2.19. The molecule has 0 aliphatic heterocycles. The van der Waals surface area contributed by atoms with Crippen LogP contribution >= 0.6 is 0 Å². The Bertz CT molecular complexity index is 1380. The molecule has 32 heavy (non-hydrogen) atoms. The van der Waals surface area contributed by atoms with E-state index < -0.39 is 11.9 Å². The van der Waals surface area contributed by atoms with Gasteiger partial charge in [0.25, 0.3) is 5.91 Å². The summed E-state index contributed by atoms with van der Waals surface area (Å²) in [5.74, 6) is 4.56. The molecule has 0 saturated heterocycles. The summed E-state index contributed by atoms with van der Waals surface area (Å²) in [5.41, 5.74) is 3.35. The van der Waals surface area contributed by atoms with E-state index in [1.807, 2.05) is 43.3 Å². The second-order valence-electron chi connectivity index (χ2n) is 7.15. The third kappa shape index (κ3) is 4.42.